The number of aryl methyl sites for hydroxylation is 2. The van der Waals surface area contributed by atoms with Crippen LogP contribution >= 0.6 is 11.3 Å². The number of likely N-dealkylation sites (tertiary alicyclic amines) is 2. The van der Waals surface area contributed by atoms with Gasteiger partial charge in [-0.25, -0.2) is 9.37 Å². The van der Waals surface area contributed by atoms with E-state index >= 15 is 0 Å². The van der Waals surface area contributed by atoms with Crippen LogP contribution < -0.4 is 0 Å². The van der Waals surface area contributed by atoms with Crippen molar-refractivity contribution in [2.24, 2.45) is 11.8 Å². The Morgan fingerprint density at radius 1 is 1.10 bits per heavy atom. The van der Waals surface area contributed by atoms with E-state index < -0.39 is 5.97 Å². The Hall–Kier alpha value is -2.61. The molecule has 2 aliphatic heterocycles. The van der Waals surface area contributed by atoms with Crippen LogP contribution in [-0.4, -0.2) is 64.6 Å². The minimum atomic E-state index is -0.651. The molecule has 3 atom stereocenters. The third kappa shape index (κ3) is 6.95. The smallest absolute Gasteiger partial charge is 0.320 e. The zero-order chi connectivity index (χ0) is 29.2. The van der Waals surface area contributed by atoms with Gasteiger partial charge in [-0.05, 0) is 86.7 Å². The SMILES string of the molecule is CCc1nc(Cc2ccc(F)cc2)sc1C1CCN(C[C@H]2CN([C@H](CC3CC3)C(=O)O)C[C@@H]2c2cccc(C)c2)CC1. The number of aliphatic carboxylic acids is 1. The fourth-order valence-corrected chi connectivity index (χ4v) is 8.60. The fourth-order valence-electron chi connectivity index (χ4n) is 7.25. The molecule has 1 aliphatic carbocycles. The van der Waals surface area contributed by atoms with Crippen LogP contribution in [0.3, 0.4) is 0 Å². The topological polar surface area (TPSA) is 56.7 Å². The molecule has 2 saturated heterocycles. The molecular weight excluding hydrogens is 545 g/mol. The first-order valence-corrected chi connectivity index (χ1v) is 16.7. The lowest BCUT2D eigenvalue weighted by Crippen LogP contribution is -2.41. The van der Waals surface area contributed by atoms with Gasteiger partial charge in [0, 0.05) is 36.9 Å². The summed E-state index contributed by atoms with van der Waals surface area (Å²) in [6.45, 7) is 9.21. The number of rotatable bonds is 11. The van der Waals surface area contributed by atoms with Gasteiger partial charge in [-0.1, -0.05) is 61.7 Å². The summed E-state index contributed by atoms with van der Waals surface area (Å²) in [6.07, 6.45) is 7.14. The maximum atomic E-state index is 13.4. The van der Waals surface area contributed by atoms with E-state index in [2.05, 4.69) is 47.9 Å². The summed E-state index contributed by atoms with van der Waals surface area (Å²) in [6, 6.07) is 15.3. The molecule has 0 spiro atoms. The maximum absolute atomic E-state index is 13.4. The highest BCUT2D eigenvalue weighted by Gasteiger charge is 2.42. The van der Waals surface area contributed by atoms with Crippen molar-refractivity contribution in [3.8, 4) is 0 Å². The molecule has 0 unspecified atom stereocenters. The van der Waals surface area contributed by atoms with E-state index in [0.717, 1.165) is 75.4 Å². The van der Waals surface area contributed by atoms with Crippen molar-refractivity contribution in [3.05, 3.63) is 86.6 Å². The number of benzene rings is 2. The largest absolute Gasteiger partial charge is 0.480 e. The van der Waals surface area contributed by atoms with Crippen LogP contribution in [0.4, 0.5) is 4.39 Å². The normalized spacial score (nSPS) is 22.9. The van der Waals surface area contributed by atoms with Gasteiger partial charge in [-0.3, -0.25) is 9.69 Å². The summed E-state index contributed by atoms with van der Waals surface area (Å²) >= 11 is 1.85. The second-order valence-corrected chi connectivity index (χ2v) is 14.0. The van der Waals surface area contributed by atoms with Crippen molar-refractivity contribution >= 4 is 17.3 Å². The van der Waals surface area contributed by atoms with E-state index in [9.17, 15) is 14.3 Å². The quantitative estimate of drug-likeness (QED) is 0.264. The Balaban J connectivity index is 1.11. The summed E-state index contributed by atoms with van der Waals surface area (Å²) in [7, 11) is 0. The molecule has 0 radical (unpaired) electrons. The number of thiazole rings is 1. The molecule has 42 heavy (non-hydrogen) atoms. The molecule has 3 aromatic rings. The molecule has 2 aromatic carbocycles. The van der Waals surface area contributed by atoms with E-state index in [-0.39, 0.29) is 11.9 Å². The van der Waals surface area contributed by atoms with E-state index in [4.69, 9.17) is 4.98 Å². The molecule has 3 heterocycles. The van der Waals surface area contributed by atoms with E-state index in [1.54, 1.807) is 0 Å². The predicted molar refractivity (Wildman–Crippen MR) is 167 cm³/mol. The van der Waals surface area contributed by atoms with Gasteiger partial charge in [-0.15, -0.1) is 11.3 Å². The molecule has 1 saturated carbocycles. The lowest BCUT2D eigenvalue weighted by Gasteiger charge is -2.34. The summed E-state index contributed by atoms with van der Waals surface area (Å²) in [5.74, 6) is 1.08. The molecule has 1 N–H and O–H groups in total. The molecule has 1 aromatic heterocycles. The van der Waals surface area contributed by atoms with Gasteiger partial charge in [0.15, 0.2) is 0 Å². The van der Waals surface area contributed by atoms with Crippen LogP contribution in [0.15, 0.2) is 48.5 Å². The third-order valence-electron chi connectivity index (χ3n) is 9.75. The number of hydrogen-bond donors (Lipinski definition) is 1. The Morgan fingerprint density at radius 2 is 1.86 bits per heavy atom. The van der Waals surface area contributed by atoms with Gasteiger partial charge in [0.25, 0.3) is 0 Å². The highest BCUT2D eigenvalue weighted by atomic mass is 32.1. The van der Waals surface area contributed by atoms with Crippen LogP contribution in [-0.2, 0) is 17.6 Å². The fraction of sp³-hybridized carbons (Fsp3) is 0.543. The zero-order valence-electron chi connectivity index (χ0n) is 25.0. The Morgan fingerprint density at radius 3 is 2.52 bits per heavy atom. The van der Waals surface area contributed by atoms with Gasteiger partial charge < -0.3 is 10.0 Å². The van der Waals surface area contributed by atoms with Crippen molar-refractivity contribution < 1.29 is 14.3 Å². The Kier molecular flexibility index (Phi) is 9.08. The van der Waals surface area contributed by atoms with Crippen molar-refractivity contribution in [1.82, 2.24) is 14.8 Å². The van der Waals surface area contributed by atoms with Crippen LogP contribution in [0.1, 0.15) is 83.1 Å². The number of halogens is 1. The zero-order valence-corrected chi connectivity index (χ0v) is 25.8. The molecule has 0 amide bonds. The number of piperidine rings is 1. The molecule has 0 bridgehead atoms. The van der Waals surface area contributed by atoms with Crippen LogP contribution in [0.5, 0.6) is 0 Å². The minimum absolute atomic E-state index is 0.199. The van der Waals surface area contributed by atoms with Crippen LogP contribution in [0.25, 0.3) is 0 Å². The van der Waals surface area contributed by atoms with Crippen LogP contribution in [0.2, 0.25) is 0 Å². The van der Waals surface area contributed by atoms with Gasteiger partial charge in [0.05, 0.1) is 10.7 Å². The first kappa shape index (κ1) is 29.5. The minimum Gasteiger partial charge on any atom is -0.480 e. The first-order chi connectivity index (χ1) is 20.4. The highest BCUT2D eigenvalue weighted by molar-refractivity contribution is 7.11. The number of carboxylic acids is 1. The third-order valence-corrected chi connectivity index (χ3v) is 11.0. The van der Waals surface area contributed by atoms with Gasteiger partial charge in [-0.2, -0.15) is 0 Å². The molecule has 7 heteroatoms. The summed E-state index contributed by atoms with van der Waals surface area (Å²) < 4.78 is 13.4. The monoisotopic (exact) mass is 589 g/mol. The van der Waals surface area contributed by atoms with Crippen molar-refractivity contribution in [2.75, 3.05) is 32.7 Å². The number of carboxylic acid groups (broad SMARTS) is 1. The van der Waals surface area contributed by atoms with Gasteiger partial charge in [0.2, 0.25) is 0 Å². The second-order valence-electron chi connectivity index (χ2n) is 12.9. The number of nitrogens with zero attached hydrogens (tertiary/aromatic N) is 3. The number of carbonyl (C=O) groups is 1. The van der Waals surface area contributed by atoms with Gasteiger partial charge >= 0.3 is 5.97 Å². The maximum Gasteiger partial charge on any atom is 0.320 e. The number of hydrogen-bond acceptors (Lipinski definition) is 5. The highest BCUT2D eigenvalue weighted by Crippen LogP contribution is 2.41. The van der Waals surface area contributed by atoms with E-state index in [1.165, 1.54) is 46.7 Å². The van der Waals surface area contributed by atoms with E-state index in [0.29, 0.717) is 23.7 Å². The van der Waals surface area contributed by atoms with Crippen molar-refractivity contribution in [3.63, 3.8) is 0 Å². The molecule has 3 aliphatic rings. The summed E-state index contributed by atoms with van der Waals surface area (Å²) in [5, 5.41) is 11.3. The van der Waals surface area contributed by atoms with Crippen molar-refractivity contribution in [1.29, 1.82) is 0 Å². The summed E-state index contributed by atoms with van der Waals surface area (Å²) in [4.78, 5) is 23.7. The number of aromatic nitrogens is 1. The average Bonchev–Trinajstić information content (AvgIpc) is 3.58. The first-order valence-electron chi connectivity index (χ1n) is 15.8. The molecule has 3 fully saturated rings. The lowest BCUT2D eigenvalue weighted by atomic mass is 9.86. The Labute approximate surface area is 253 Å². The van der Waals surface area contributed by atoms with Crippen LogP contribution in [0, 0.1) is 24.6 Å². The summed E-state index contributed by atoms with van der Waals surface area (Å²) in [5.41, 5.74) is 4.97. The molecular formula is C35H44FN3O2S. The van der Waals surface area contributed by atoms with E-state index in [1.807, 2.05) is 23.5 Å². The van der Waals surface area contributed by atoms with Crippen molar-refractivity contribution in [2.45, 2.75) is 76.7 Å². The lowest BCUT2D eigenvalue weighted by molar-refractivity contribution is -0.143. The second kappa shape index (κ2) is 12.9. The molecule has 6 rings (SSSR count). The Bertz CT molecular complexity index is 1360. The molecule has 5 nitrogen and oxygen atoms in total. The molecule has 224 valence electrons. The predicted octanol–water partition coefficient (Wildman–Crippen LogP) is 6.89. The average molecular weight is 590 g/mol. The standard InChI is InChI=1S/C35H44FN3O2S/c1-3-31-34(42-33(37-31)19-25-9-11-29(36)12-10-25)26-13-15-38(16-14-26)20-28-21-39(32(35(40)41)18-24-7-8-24)22-30(28)27-6-4-5-23(2)17-27/h4-6,9-12,17,24,26,28,30,32H,3,7-8,13-16,18-22H2,1-2H3,(H,40,41)/t28-,30+,32+/m0/s1. The van der Waals surface area contributed by atoms with Gasteiger partial charge in [0.1, 0.15) is 11.9 Å².